The number of carbonyl (C=O) groups is 5. The highest BCUT2D eigenvalue weighted by atomic mass is 16.7. The third-order valence-corrected chi connectivity index (χ3v) is 12.1. The first-order valence-electron chi connectivity index (χ1n) is 19.8. The largest absolute Gasteiger partial charge is 0.459 e. The Morgan fingerprint density at radius 3 is 2.04 bits per heavy atom. The highest BCUT2D eigenvalue weighted by Crippen LogP contribution is 2.45. The van der Waals surface area contributed by atoms with Gasteiger partial charge in [-0.25, -0.2) is 9.59 Å². The molecule has 13 atom stereocenters. The number of hydrogen-bond donors (Lipinski definition) is 3. The molecule has 3 aliphatic heterocycles. The standard InChI is InChI=1S/C41H66O13/c1-21(2)36(51-34(47)20-31(45)35-27(8)39(48)52-40(35)49)38(50-10)32(46)19-30(44)26(7)29(43)13-11-24(5)37-25(6)16-18-41(54-37)17-15-23(4)33(53-41)14-12-22(3)28(9)42/h21-26,29,31-33,36-38,43,45-46H,11-20H2,1-10H3/t22-,23+,24+,25-,26-,29-,31+,32-,33-,36+,37-,38-,41+/m0/s1. The SMILES string of the molecule is CO[C@H]([C@H](OC(=O)C[C@@H](O)C1=C(C)C(=O)OC1=O)C(C)C)[C@@H](O)CC(=O)[C@@H](C)[C@@H](O)CC[C@@H](C)[C@@H]1O[C@]2(CC[C@@H](C)[C@H](CC[C@H](C)C(C)=O)O2)CC[C@@H]1C. The van der Waals surface area contributed by atoms with Gasteiger partial charge in [0.05, 0.1) is 42.5 Å². The van der Waals surface area contributed by atoms with Crippen LogP contribution in [0.2, 0.25) is 0 Å². The average molecular weight is 767 g/mol. The summed E-state index contributed by atoms with van der Waals surface area (Å²) >= 11 is 0. The lowest BCUT2D eigenvalue weighted by Crippen LogP contribution is -2.53. The van der Waals surface area contributed by atoms with Crippen molar-refractivity contribution in [3.63, 3.8) is 0 Å². The Bertz CT molecular complexity index is 1350. The van der Waals surface area contributed by atoms with Crippen molar-refractivity contribution in [2.45, 2.75) is 175 Å². The van der Waals surface area contributed by atoms with E-state index in [4.69, 9.17) is 18.9 Å². The summed E-state index contributed by atoms with van der Waals surface area (Å²) in [5.41, 5.74) is -0.403. The molecular weight excluding hydrogens is 700 g/mol. The molecule has 2 saturated heterocycles. The van der Waals surface area contributed by atoms with Crippen molar-refractivity contribution >= 4 is 29.5 Å². The molecule has 3 rings (SSSR count). The van der Waals surface area contributed by atoms with E-state index in [2.05, 4.69) is 25.5 Å². The Morgan fingerprint density at radius 2 is 1.48 bits per heavy atom. The summed E-state index contributed by atoms with van der Waals surface area (Å²) in [6.45, 7) is 16.5. The quantitative estimate of drug-likeness (QED) is 0.113. The van der Waals surface area contributed by atoms with E-state index in [-0.39, 0.29) is 65.0 Å². The number of carbonyl (C=O) groups excluding carboxylic acids is 5. The number of cyclic esters (lactones) is 2. The number of ketones is 2. The summed E-state index contributed by atoms with van der Waals surface area (Å²) in [6, 6.07) is 0. The molecule has 308 valence electrons. The minimum absolute atomic E-state index is 0.00210. The van der Waals surface area contributed by atoms with Crippen molar-refractivity contribution in [2.24, 2.45) is 35.5 Å². The number of methoxy groups -OCH3 is 1. The van der Waals surface area contributed by atoms with Gasteiger partial charge in [-0.05, 0) is 76.0 Å². The van der Waals surface area contributed by atoms with Gasteiger partial charge in [-0.1, -0.05) is 48.5 Å². The summed E-state index contributed by atoms with van der Waals surface area (Å²) in [5, 5.41) is 32.7. The zero-order valence-corrected chi connectivity index (χ0v) is 34.0. The molecule has 1 spiro atoms. The van der Waals surface area contributed by atoms with Gasteiger partial charge in [0, 0.05) is 43.8 Å². The predicted molar refractivity (Wildman–Crippen MR) is 197 cm³/mol. The number of ether oxygens (including phenoxy) is 5. The first-order valence-corrected chi connectivity index (χ1v) is 19.8. The molecule has 3 heterocycles. The molecule has 0 aliphatic carbocycles. The fourth-order valence-electron chi connectivity index (χ4n) is 8.02. The summed E-state index contributed by atoms with van der Waals surface area (Å²) < 4.78 is 29.1. The van der Waals surface area contributed by atoms with Gasteiger partial charge >= 0.3 is 17.9 Å². The van der Waals surface area contributed by atoms with E-state index in [0.717, 1.165) is 38.5 Å². The minimum Gasteiger partial charge on any atom is -0.459 e. The zero-order chi connectivity index (χ0) is 40.7. The number of Topliss-reactive ketones (excluding diaryl/α,β-unsaturated/α-hetero) is 2. The van der Waals surface area contributed by atoms with Gasteiger partial charge in [-0.15, -0.1) is 0 Å². The first kappa shape index (κ1) is 45.8. The molecule has 3 aliphatic rings. The molecule has 0 aromatic heterocycles. The molecule has 3 N–H and O–H groups in total. The number of esters is 3. The van der Waals surface area contributed by atoms with Crippen LogP contribution in [0.15, 0.2) is 11.1 Å². The number of hydrogen-bond acceptors (Lipinski definition) is 13. The molecule has 0 aromatic carbocycles. The molecule has 13 nitrogen and oxygen atoms in total. The molecule has 0 bridgehead atoms. The molecular formula is C41H66O13. The second-order valence-corrected chi connectivity index (χ2v) is 16.8. The molecule has 54 heavy (non-hydrogen) atoms. The maximum atomic E-state index is 13.3. The Kier molecular flexibility index (Phi) is 17.0. The number of rotatable bonds is 20. The first-order chi connectivity index (χ1) is 25.2. The van der Waals surface area contributed by atoms with Crippen LogP contribution in [0.4, 0.5) is 0 Å². The van der Waals surface area contributed by atoms with Crippen LogP contribution in [0.1, 0.15) is 127 Å². The molecule has 0 aromatic rings. The van der Waals surface area contributed by atoms with Gasteiger partial charge in [-0.3, -0.25) is 14.4 Å². The minimum atomic E-state index is -1.63. The molecule has 2 fully saturated rings. The van der Waals surface area contributed by atoms with Crippen molar-refractivity contribution in [1.29, 1.82) is 0 Å². The zero-order valence-electron chi connectivity index (χ0n) is 34.0. The fourth-order valence-corrected chi connectivity index (χ4v) is 8.02. The van der Waals surface area contributed by atoms with Gasteiger partial charge in [0.1, 0.15) is 23.8 Å². The summed E-state index contributed by atoms with van der Waals surface area (Å²) in [7, 11) is 1.32. The van der Waals surface area contributed by atoms with Gasteiger partial charge in [0.15, 0.2) is 5.79 Å². The molecule has 0 unspecified atom stereocenters. The van der Waals surface area contributed by atoms with Gasteiger partial charge in [0.25, 0.3) is 0 Å². The van der Waals surface area contributed by atoms with Crippen LogP contribution in [-0.2, 0) is 47.7 Å². The average Bonchev–Trinajstić information content (AvgIpc) is 3.37. The highest BCUT2D eigenvalue weighted by Gasteiger charge is 2.48. The summed E-state index contributed by atoms with van der Waals surface area (Å²) in [5.74, 6) is -4.07. The van der Waals surface area contributed by atoms with E-state index >= 15 is 0 Å². The lowest BCUT2D eigenvalue weighted by Gasteiger charge is -2.51. The Balaban J connectivity index is 1.54. The van der Waals surface area contributed by atoms with Crippen LogP contribution in [0.3, 0.4) is 0 Å². The molecule has 13 heteroatoms. The summed E-state index contributed by atoms with van der Waals surface area (Å²) in [4.78, 5) is 61.6. The Hall–Kier alpha value is -2.55. The maximum Gasteiger partial charge on any atom is 0.345 e. The fraction of sp³-hybridized carbons (Fsp3) is 0.829. The van der Waals surface area contributed by atoms with Crippen LogP contribution >= 0.6 is 0 Å². The van der Waals surface area contributed by atoms with Gasteiger partial charge in [0.2, 0.25) is 0 Å². The van der Waals surface area contributed by atoms with Crippen LogP contribution < -0.4 is 0 Å². The monoisotopic (exact) mass is 766 g/mol. The third kappa shape index (κ3) is 11.7. The maximum absolute atomic E-state index is 13.3. The Morgan fingerprint density at radius 1 is 0.852 bits per heavy atom. The van der Waals surface area contributed by atoms with Crippen molar-refractivity contribution < 1.29 is 63.0 Å². The van der Waals surface area contributed by atoms with E-state index in [1.54, 1.807) is 27.7 Å². The van der Waals surface area contributed by atoms with Crippen molar-refractivity contribution in [1.82, 2.24) is 0 Å². The van der Waals surface area contributed by atoms with E-state index in [1.165, 1.54) is 14.0 Å². The van der Waals surface area contributed by atoms with Crippen LogP contribution in [-0.4, -0.2) is 100 Å². The smallest absolute Gasteiger partial charge is 0.345 e. The third-order valence-electron chi connectivity index (χ3n) is 12.1. The van der Waals surface area contributed by atoms with Gasteiger partial charge in [-0.2, -0.15) is 0 Å². The second-order valence-electron chi connectivity index (χ2n) is 16.8. The second kappa shape index (κ2) is 20.0. The molecule has 0 saturated carbocycles. The predicted octanol–water partition coefficient (Wildman–Crippen LogP) is 4.79. The lowest BCUT2D eigenvalue weighted by atomic mass is 9.79. The van der Waals surface area contributed by atoms with Crippen molar-refractivity contribution in [3.05, 3.63) is 11.1 Å². The van der Waals surface area contributed by atoms with Crippen molar-refractivity contribution in [3.8, 4) is 0 Å². The van der Waals surface area contributed by atoms with E-state index in [1.807, 2.05) is 6.92 Å². The van der Waals surface area contributed by atoms with Crippen LogP contribution in [0, 0.1) is 35.5 Å². The summed E-state index contributed by atoms with van der Waals surface area (Å²) in [6.07, 6.45) is -1.03. The van der Waals surface area contributed by atoms with Crippen LogP contribution in [0.25, 0.3) is 0 Å². The van der Waals surface area contributed by atoms with E-state index in [0.29, 0.717) is 18.8 Å². The topological polar surface area (TPSA) is 192 Å². The van der Waals surface area contributed by atoms with Crippen LogP contribution in [0.5, 0.6) is 0 Å². The van der Waals surface area contributed by atoms with Crippen molar-refractivity contribution in [2.75, 3.05) is 7.11 Å². The lowest BCUT2D eigenvalue weighted by molar-refractivity contribution is -0.338. The highest BCUT2D eigenvalue weighted by molar-refractivity contribution is 6.12. The number of aliphatic hydroxyl groups excluding tert-OH is 3. The van der Waals surface area contributed by atoms with E-state index in [9.17, 15) is 39.3 Å². The van der Waals surface area contributed by atoms with E-state index < -0.39 is 66.6 Å². The molecule has 0 radical (unpaired) electrons. The normalized spacial score (nSPS) is 29.3. The Labute approximate surface area is 320 Å². The van der Waals surface area contributed by atoms with Gasteiger partial charge < -0.3 is 39.0 Å². The number of aliphatic hydroxyl groups is 3. The molecule has 0 amide bonds.